The lowest BCUT2D eigenvalue weighted by molar-refractivity contribution is -0.132. The first-order valence-corrected chi connectivity index (χ1v) is 10.4. The number of carbonyl (C=O) groups excluding carboxylic acids is 1. The highest BCUT2D eigenvalue weighted by molar-refractivity contribution is 5.76. The second kappa shape index (κ2) is 9.76. The van der Waals surface area contributed by atoms with Gasteiger partial charge in [-0.3, -0.25) is 9.69 Å². The molecule has 1 aliphatic carbocycles. The Balaban J connectivity index is 1.28. The average Bonchev–Trinajstić information content (AvgIpc) is 2.64. The molecule has 1 amide bonds. The van der Waals surface area contributed by atoms with Crippen molar-refractivity contribution < 1.29 is 9.53 Å². The van der Waals surface area contributed by atoms with Gasteiger partial charge in [-0.15, -0.1) is 0 Å². The molecule has 4 nitrogen and oxygen atoms in total. The van der Waals surface area contributed by atoms with Crippen molar-refractivity contribution in [2.75, 3.05) is 45.9 Å². The molecule has 0 aromatic carbocycles. The number of nitrogens with zero attached hydrogens (tertiary/aromatic N) is 2. The Morgan fingerprint density at radius 2 is 1.58 bits per heavy atom. The van der Waals surface area contributed by atoms with Crippen molar-refractivity contribution in [2.24, 2.45) is 11.8 Å². The summed E-state index contributed by atoms with van der Waals surface area (Å²) in [4.78, 5) is 17.1. The van der Waals surface area contributed by atoms with Crippen LogP contribution in [0.4, 0.5) is 0 Å². The van der Waals surface area contributed by atoms with Gasteiger partial charge in [0.05, 0.1) is 13.2 Å². The van der Waals surface area contributed by atoms with Crippen molar-refractivity contribution in [3.05, 3.63) is 0 Å². The highest BCUT2D eigenvalue weighted by Crippen LogP contribution is 2.28. The van der Waals surface area contributed by atoms with Crippen molar-refractivity contribution in [3.63, 3.8) is 0 Å². The van der Waals surface area contributed by atoms with Gasteiger partial charge in [0.1, 0.15) is 0 Å². The molecular formula is C20H36N2O2. The van der Waals surface area contributed by atoms with Crippen LogP contribution in [0.2, 0.25) is 0 Å². The predicted octanol–water partition coefficient (Wildman–Crippen LogP) is 3.31. The smallest absolute Gasteiger partial charge is 0.222 e. The quantitative estimate of drug-likeness (QED) is 0.746. The second-order valence-corrected chi connectivity index (χ2v) is 8.13. The van der Waals surface area contributed by atoms with E-state index in [1.54, 1.807) is 0 Å². The number of ether oxygens (including phenoxy) is 1. The molecule has 2 heterocycles. The van der Waals surface area contributed by atoms with Crippen LogP contribution in [-0.2, 0) is 9.53 Å². The number of amides is 1. The van der Waals surface area contributed by atoms with Crippen LogP contribution in [0.1, 0.15) is 64.2 Å². The minimum Gasteiger partial charge on any atom is -0.379 e. The Morgan fingerprint density at radius 1 is 0.875 bits per heavy atom. The molecule has 0 aromatic heterocycles. The Hall–Kier alpha value is -0.610. The summed E-state index contributed by atoms with van der Waals surface area (Å²) >= 11 is 0. The van der Waals surface area contributed by atoms with E-state index in [2.05, 4.69) is 9.80 Å². The topological polar surface area (TPSA) is 32.8 Å². The number of piperidine rings is 1. The molecule has 0 atom stereocenters. The van der Waals surface area contributed by atoms with Crippen LogP contribution in [0.3, 0.4) is 0 Å². The Labute approximate surface area is 147 Å². The number of hydrogen-bond acceptors (Lipinski definition) is 3. The highest BCUT2D eigenvalue weighted by atomic mass is 16.5. The molecule has 1 saturated carbocycles. The lowest BCUT2D eigenvalue weighted by atomic mass is 9.86. The molecular weight excluding hydrogens is 300 g/mol. The van der Waals surface area contributed by atoms with Crippen LogP contribution in [0.15, 0.2) is 0 Å². The molecule has 0 unspecified atom stereocenters. The molecule has 3 aliphatic rings. The van der Waals surface area contributed by atoms with Gasteiger partial charge in [-0.2, -0.15) is 0 Å². The van der Waals surface area contributed by atoms with Crippen LogP contribution >= 0.6 is 0 Å². The van der Waals surface area contributed by atoms with Crippen molar-refractivity contribution in [1.29, 1.82) is 0 Å². The molecule has 0 N–H and O–H groups in total. The minimum atomic E-state index is 0.413. The summed E-state index contributed by atoms with van der Waals surface area (Å²) in [5.41, 5.74) is 0. The van der Waals surface area contributed by atoms with E-state index in [1.807, 2.05) is 0 Å². The van der Waals surface area contributed by atoms with Gasteiger partial charge in [0.25, 0.3) is 0 Å². The first-order valence-electron chi connectivity index (χ1n) is 10.4. The van der Waals surface area contributed by atoms with Crippen molar-refractivity contribution >= 4 is 5.91 Å². The molecule has 0 bridgehead atoms. The third-order valence-corrected chi connectivity index (χ3v) is 6.32. The van der Waals surface area contributed by atoms with E-state index >= 15 is 0 Å². The van der Waals surface area contributed by atoms with E-state index < -0.39 is 0 Å². The number of rotatable bonds is 6. The van der Waals surface area contributed by atoms with Gasteiger partial charge in [0.15, 0.2) is 0 Å². The van der Waals surface area contributed by atoms with Gasteiger partial charge in [-0.1, -0.05) is 32.1 Å². The zero-order valence-electron chi connectivity index (χ0n) is 15.4. The maximum absolute atomic E-state index is 12.4. The maximum Gasteiger partial charge on any atom is 0.222 e. The fraction of sp³-hybridized carbons (Fsp3) is 0.950. The van der Waals surface area contributed by atoms with Gasteiger partial charge in [0, 0.05) is 39.1 Å². The molecule has 138 valence electrons. The Kier molecular flexibility index (Phi) is 7.40. The van der Waals surface area contributed by atoms with E-state index in [0.29, 0.717) is 5.91 Å². The second-order valence-electron chi connectivity index (χ2n) is 8.13. The van der Waals surface area contributed by atoms with Crippen molar-refractivity contribution in [2.45, 2.75) is 64.2 Å². The van der Waals surface area contributed by atoms with E-state index in [-0.39, 0.29) is 0 Å². The van der Waals surface area contributed by atoms with Crippen molar-refractivity contribution in [3.8, 4) is 0 Å². The van der Waals surface area contributed by atoms with Crippen LogP contribution in [0.25, 0.3) is 0 Å². The van der Waals surface area contributed by atoms with Gasteiger partial charge < -0.3 is 9.64 Å². The molecule has 24 heavy (non-hydrogen) atoms. The van der Waals surface area contributed by atoms with Crippen LogP contribution < -0.4 is 0 Å². The standard InChI is InChI=1S/C20H36N2O2/c23-20(8-4-7-18-5-2-1-3-6-18)22-11-9-19(10-12-22)17-21-13-15-24-16-14-21/h18-19H,1-17H2. The first-order chi connectivity index (χ1) is 11.8. The zero-order chi connectivity index (χ0) is 16.6. The van der Waals surface area contributed by atoms with Gasteiger partial charge in [0.2, 0.25) is 5.91 Å². The van der Waals surface area contributed by atoms with Gasteiger partial charge in [-0.25, -0.2) is 0 Å². The highest BCUT2D eigenvalue weighted by Gasteiger charge is 2.25. The van der Waals surface area contributed by atoms with E-state index in [4.69, 9.17) is 4.74 Å². The molecule has 0 spiro atoms. The summed E-state index contributed by atoms with van der Waals surface area (Å²) in [5.74, 6) is 2.09. The number of morpholine rings is 1. The van der Waals surface area contributed by atoms with E-state index in [1.165, 1.54) is 57.9 Å². The summed E-state index contributed by atoms with van der Waals surface area (Å²) in [6, 6.07) is 0. The molecule has 0 aromatic rings. The van der Waals surface area contributed by atoms with Crippen molar-refractivity contribution in [1.82, 2.24) is 9.80 Å². The fourth-order valence-electron chi connectivity index (χ4n) is 4.69. The first kappa shape index (κ1) is 18.2. The fourth-order valence-corrected chi connectivity index (χ4v) is 4.69. The maximum atomic E-state index is 12.4. The van der Waals surface area contributed by atoms with E-state index in [9.17, 15) is 4.79 Å². The summed E-state index contributed by atoms with van der Waals surface area (Å²) in [6.45, 7) is 7.11. The monoisotopic (exact) mass is 336 g/mol. The number of carbonyl (C=O) groups is 1. The lowest BCUT2D eigenvalue weighted by Gasteiger charge is -2.36. The Morgan fingerprint density at radius 3 is 2.29 bits per heavy atom. The third-order valence-electron chi connectivity index (χ3n) is 6.32. The van der Waals surface area contributed by atoms with Gasteiger partial charge >= 0.3 is 0 Å². The van der Waals surface area contributed by atoms with Crippen LogP contribution in [-0.4, -0.2) is 61.6 Å². The lowest BCUT2D eigenvalue weighted by Crippen LogP contribution is -2.44. The number of likely N-dealkylation sites (tertiary alicyclic amines) is 1. The predicted molar refractivity (Wildman–Crippen MR) is 97.0 cm³/mol. The largest absolute Gasteiger partial charge is 0.379 e. The van der Waals surface area contributed by atoms with E-state index in [0.717, 1.165) is 64.1 Å². The Bertz CT molecular complexity index is 368. The molecule has 3 fully saturated rings. The molecule has 2 saturated heterocycles. The van der Waals surface area contributed by atoms with Crippen LogP contribution in [0.5, 0.6) is 0 Å². The molecule has 2 aliphatic heterocycles. The zero-order valence-corrected chi connectivity index (χ0v) is 15.4. The normalized spacial score (nSPS) is 25.1. The third kappa shape index (κ3) is 5.73. The summed E-state index contributed by atoms with van der Waals surface area (Å²) in [7, 11) is 0. The minimum absolute atomic E-state index is 0.413. The van der Waals surface area contributed by atoms with Gasteiger partial charge in [-0.05, 0) is 37.5 Å². The van der Waals surface area contributed by atoms with Crippen LogP contribution in [0, 0.1) is 11.8 Å². The summed E-state index contributed by atoms with van der Waals surface area (Å²) in [6.07, 6.45) is 12.6. The number of hydrogen-bond donors (Lipinski definition) is 0. The SMILES string of the molecule is O=C(CCCC1CCCCC1)N1CCC(CN2CCOCC2)CC1. The molecule has 3 rings (SSSR count). The average molecular weight is 337 g/mol. The summed E-state index contributed by atoms with van der Waals surface area (Å²) in [5, 5.41) is 0. The summed E-state index contributed by atoms with van der Waals surface area (Å²) < 4.78 is 5.42. The molecule has 0 radical (unpaired) electrons. The molecule has 4 heteroatoms.